The Hall–Kier alpha value is -2.08. The van der Waals surface area contributed by atoms with Crippen LogP contribution in [0.25, 0.3) is 16.5 Å². The number of hydrogen-bond donors (Lipinski definition) is 0. The first kappa shape index (κ1) is 14.0. The number of benzene rings is 1. The smallest absolute Gasteiger partial charge is 0.200 e. The van der Waals surface area contributed by atoms with Crippen molar-refractivity contribution in [2.75, 3.05) is 6.54 Å². The molecule has 0 aromatic heterocycles. The Kier molecular flexibility index (Phi) is 4.67. The lowest BCUT2D eigenvalue weighted by atomic mass is 10.1. The summed E-state index contributed by atoms with van der Waals surface area (Å²) in [6.07, 6.45) is 2.01. The zero-order valence-electron chi connectivity index (χ0n) is 8.80. The molecule has 0 atom stereocenters. The molecule has 8 heteroatoms. The zero-order valence-corrected chi connectivity index (χ0v) is 8.80. The average molecular weight is 263 g/mol. The molecule has 0 aliphatic rings. The highest BCUT2D eigenvalue weighted by molar-refractivity contribution is 5.51. The lowest BCUT2D eigenvalue weighted by Gasteiger charge is -2.03. The SMILES string of the molecule is [N-]=[N+]=NCCC=Cc1c(F)c(F)c(F)c(F)c1F. The van der Waals surface area contributed by atoms with Gasteiger partial charge in [-0.15, -0.1) is 0 Å². The van der Waals surface area contributed by atoms with Crippen LogP contribution in [0.3, 0.4) is 0 Å². The summed E-state index contributed by atoms with van der Waals surface area (Å²) in [7, 11) is 0. The summed E-state index contributed by atoms with van der Waals surface area (Å²) in [5.74, 6) is -9.98. The number of hydrogen-bond acceptors (Lipinski definition) is 1. The molecule has 0 aliphatic carbocycles. The van der Waals surface area contributed by atoms with Crippen LogP contribution in [0.1, 0.15) is 12.0 Å². The van der Waals surface area contributed by atoms with Crippen molar-refractivity contribution in [3.8, 4) is 0 Å². The third kappa shape index (κ3) is 2.78. The van der Waals surface area contributed by atoms with Crippen LogP contribution in [0.2, 0.25) is 0 Å². The Balaban J connectivity index is 3.06. The molecule has 0 bridgehead atoms. The van der Waals surface area contributed by atoms with E-state index in [-0.39, 0.29) is 13.0 Å². The van der Waals surface area contributed by atoms with Gasteiger partial charge in [-0.1, -0.05) is 17.3 Å². The molecular weight excluding hydrogens is 257 g/mol. The molecule has 3 nitrogen and oxygen atoms in total. The molecule has 0 N–H and O–H groups in total. The predicted octanol–water partition coefficient (Wildman–Crippen LogP) is 4.10. The van der Waals surface area contributed by atoms with Gasteiger partial charge >= 0.3 is 0 Å². The van der Waals surface area contributed by atoms with E-state index in [0.29, 0.717) is 0 Å². The summed E-state index contributed by atoms with van der Waals surface area (Å²) in [4.78, 5) is 2.43. The average Bonchev–Trinajstić information content (AvgIpc) is 2.37. The second kappa shape index (κ2) is 6.02. The minimum absolute atomic E-state index is 0.0163. The van der Waals surface area contributed by atoms with E-state index in [1.165, 1.54) is 0 Å². The van der Waals surface area contributed by atoms with E-state index >= 15 is 0 Å². The van der Waals surface area contributed by atoms with E-state index in [2.05, 4.69) is 10.0 Å². The van der Waals surface area contributed by atoms with Crippen LogP contribution < -0.4 is 0 Å². The van der Waals surface area contributed by atoms with Crippen molar-refractivity contribution in [1.29, 1.82) is 0 Å². The first-order chi connectivity index (χ1) is 8.50. The normalized spacial score (nSPS) is 10.7. The second-order valence-corrected chi connectivity index (χ2v) is 3.13. The minimum Gasteiger partial charge on any atom is -0.203 e. The lowest BCUT2D eigenvalue weighted by Crippen LogP contribution is -2.03. The van der Waals surface area contributed by atoms with E-state index in [4.69, 9.17) is 5.53 Å². The molecule has 0 unspecified atom stereocenters. The molecule has 0 radical (unpaired) electrons. The van der Waals surface area contributed by atoms with Gasteiger partial charge in [-0.25, -0.2) is 22.0 Å². The number of rotatable bonds is 4. The number of azide groups is 1. The molecule has 1 rings (SSSR count). The van der Waals surface area contributed by atoms with Crippen LogP contribution in [0.5, 0.6) is 0 Å². The van der Waals surface area contributed by atoms with Gasteiger partial charge in [0, 0.05) is 11.5 Å². The highest BCUT2D eigenvalue weighted by Gasteiger charge is 2.23. The molecule has 0 heterocycles. The maximum atomic E-state index is 13.1. The van der Waals surface area contributed by atoms with E-state index < -0.39 is 34.6 Å². The molecular formula is C10H6F5N3. The van der Waals surface area contributed by atoms with Crippen LogP contribution in [-0.4, -0.2) is 6.54 Å². The molecule has 0 saturated carbocycles. The zero-order chi connectivity index (χ0) is 13.7. The van der Waals surface area contributed by atoms with Crippen molar-refractivity contribution in [3.05, 3.63) is 51.2 Å². The number of halogens is 5. The largest absolute Gasteiger partial charge is 0.203 e. The fourth-order valence-electron chi connectivity index (χ4n) is 1.15. The van der Waals surface area contributed by atoms with Crippen molar-refractivity contribution in [3.63, 3.8) is 0 Å². The molecule has 0 spiro atoms. The maximum Gasteiger partial charge on any atom is 0.200 e. The van der Waals surface area contributed by atoms with Crippen LogP contribution in [0, 0.1) is 29.1 Å². The van der Waals surface area contributed by atoms with Crippen molar-refractivity contribution >= 4 is 6.08 Å². The maximum absolute atomic E-state index is 13.1. The van der Waals surface area contributed by atoms with E-state index in [1.54, 1.807) is 0 Å². The van der Waals surface area contributed by atoms with Crippen molar-refractivity contribution in [1.82, 2.24) is 0 Å². The van der Waals surface area contributed by atoms with Gasteiger partial charge in [-0.3, -0.25) is 0 Å². The summed E-state index contributed by atoms with van der Waals surface area (Å²) in [6, 6.07) is 0. The van der Waals surface area contributed by atoms with Gasteiger partial charge in [0.25, 0.3) is 0 Å². The van der Waals surface area contributed by atoms with Crippen LogP contribution in [0.4, 0.5) is 22.0 Å². The van der Waals surface area contributed by atoms with Crippen LogP contribution >= 0.6 is 0 Å². The Morgan fingerprint density at radius 2 is 1.44 bits per heavy atom. The van der Waals surface area contributed by atoms with Gasteiger partial charge in [-0.05, 0) is 12.0 Å². The van der Waals surface area contributed by atoms with Gasteiger partial charge in [0.15, 0.2) is 23.3 Å². The van der Waals surface area contributed by atoms with Crippen molar-refractivity contribution in [2.24, 2.45) is 5.11 Å². The molecule has 1 aromatic carbocycles. The quantitative estimate of drug-likeness (QED) is 0.149. The fraction of sp³-hybridized carbons (Fsp3) is 0.200. The summed E-state index contributed by atoms with van der Waals surface area (Å²) in [5.41, 5.74) is 6.93. The van der Waals surface area contributed by atoms with E-state index in [0.717, 1.165) is 12.2 Å². The standard InChI is InChI=1S/C10H6F5N3/c11-6-5(3-1-2-4-17-18-16)7(12)9(14)10(15)8(6)13/h1,3H,2,4H2. The number of nitrogens with zero attached hydrogens (tertiary/aromatic N) is 3. The Labute approximate surface area is 98.2 Å². The Bertz CT molecular complexity index is 506. The van der Waals surface area contributed by atoms with Crippen molar-refractivity contribution in [2.45, 2.75) is 6.42 Å². The van der Waals surface area contributed by atoms with Gasteiger partial charge in [0.2, 0.25) is 5.82 Å². The fourth-order valence-corrected chi connectivity index (χ4v) is 1.15. The molecule has 1 aromatic rings. The molecule has 0 fully saturated rings. The summed E-state index contributed by atoms with van der Waals surface area (Å²) in [5, 5.41) is 3.13. The Morgan fingerprint density at radius 3 is 1.94 bits per heavy atom. The molecule has 18 heavy (non-hydrogen) atoms. The third-order valence-electron chi connectivity index (χ3n) is 1.99. The monoisotopic (exact) mass is 263 g/mol. The highest BCUT2D eigenvalue weighted by atomic mass is 19.2. The van der Waals surface area contributed by atoms with E-state index in [1.807, 2.05) is 0 Å². The first-order valence-corrected chi connectivity index (χ1v) is 4.69. The predicted molar refractivity (Wildman–Crippen MR) is 53.9 cm³/mol. The molecule has 0 saturated heterocycles. The van der Waals surface area contributed by atoms with Crippen LogP contribution in [0.15, 0.2) is 11.2 Å². The third-order valence-corrected chi connectivity index (χ3v) is 1.99. The van der Waals surface area contributed by atoms with E-state index in [9.17, 15) is 22.0 Å². The minimum atomic E-state index is -2.20. The van der Waals surface area contributed by atoms with Gasteiger partial charge in [-0.2, -0.15) is 0 Å². The summed E-state index contributed by atoms with van der Waals surface area (Å²) in [6.45, 7) is 0.0163. The van der Waals surface area contributed by atoms with Gasteiger partial charge < -0.3 is 0 Å². The van der Waals surface area contributed by atoms with Crippen molar-refractivity contribution < 1.29 is 22.0 Å². The molecule has 0 aliphatic heterocycles. The Morgan fingerprint density at radius 1 is 0.944 bits per heavy atom. The first-order valence-electron chi connectivity index (χ1n) is 4.69. The van der Waals surface area contributed by atoms with Gasteiger partial charge in [0.1, 0.15) is 0 Å². The lowest BCUT2D eigenvalue weighted by molar-refractivity contribution is 0.377. The summed E-state index contributed by atoms with van der Waals surface area (Å²) >= 11 is 0. The molecule has 0 amide bonds. The van der Waals surface area contributed by atoms with Gasteiger partial charge in [0.05, 0.1) is 5.56 Å². The molecule has 96 valence electrons. The summed E-state index contributed by atoms with van der Waals surface area (Å²) < 4.78 is 64.5. The van der Waals surface area contributed by atoms with Crippen LogP contribution in [-0.2, 0) is 0 Å². The second-order valence-electron chi connectivity index (χ2n) is 3.13. The topological polar surface area (TPSA) is 48.8 Å². The highest BCUT2D eigenvalue weighted by Crippen LogP contribution is 2.23.